The Labute approximate surface area is 181 Å². The smallest absolute Gasteiger partial charge is 0.336 e. The van der Waals surface area contributed by atoms with E-state index < -0.39 is 5.97 Å². The molecule has 0 N–H and O–H groups in total. The van der Waals surface area contributed by atoms with E-state index in [-0.39, 0.29) is 0 Å². The average Bonchev–Trinajstić information content (AvgIpc) is 2.82. The fourth-order valence-electron chi connectivity index (χ4n) is 2.79. The van der Waals surface area contributed by atoms with E-state index in [0.29, 0.717) is 23.0 Å². The maximum atomic E-state index is 12.3. The summed E-state index contributed by atoms with van der Waals surface area (Å²) in [5, 5.41) is 0. The van der Waals surface area contributed by atoms with Crippen LogP contribution >= 0.6 is 0 Å². The first-order chi connectivity index (χ1) is 15.1. The van der Waals surface area contributed by atoms with Gasteiger partial charge in [0.05, 0.1) is 27.0 Å². The van der Waals surface area contributed by atoms with E-state index >= 15 is 0 Å². The van der Waals surface area contributed by atoms with Gasteiger partial charge in [0.1, 0.15) is 0 Å². The fraction of sp³-hybridized carbons (Fsp3) is 0.120. The Morgan fingerprint density at radius 2 is 1.39 bits per heavy atom. The van der Waals surface area contributed by atoms with Crippen molar-refractivity contribution in [3.05, 3.63) is 83.7 Å². The third-order valence-electron chi connectivity index (χ3n) is 4.35. The molecule has 0 saturated heterocycles. The molecule has 0 aliphatic carbocycles. The molecule has 0 bridgehead atoms. The summed E-state index contributed by atoms with van der Waals surface area (Å²) >= 11 is 0. The number of carbonyl (C=O) groups excluding carboxylic acids is 1. The molecule has 1 heterocycles. The monoisotopic (exact) mass is 417 g/mol. The molecule has 0 atom stereocenters. The lowest BCUT2D eigenvalue weighted by Crippen LogP contribution is -2.05. The number of methoxy groups -OCH3 is 3. The molecule has 3 aromatic rings. The number of aromatic nitrogens is 1. The highest BCUT2D eigenvalue weighted by atomic mass is 16.6. The van der Waals surface area contributed by atoms with Crippen LogP contribution in [0.3, 0.4) is 0 Å². The summed E-state index contributed by atoms with van der Waals surface area (Å²) in [5.74, 6) is 1.46. The molecule has 158 valence electrons. The van der Waals surface area contributed by atoms with Gasteiger partial charge in [-0.2, -0.15) is 0 Å². The lowest BCUT2D eigenvalue weighted by atomic mass is 10.1. The normalized spacial score (nSPS) is 10.9. The first-order valence-corrected chi connectivity index (χ1v) is 9.52. The summed E-state index contributed by atoms with van der Waals surface area (Å²) < 4.78 is 21.3. The van der Waals surface area contributed by atoms with Crippen molar-refractivity contribution in [3.8, 4) is 23.0 Å². The van der Waals surface area contributed by atoms with Gasteiger partial charge in [-0.3, -0.25) is 4.98 Å². The van der Waals surface area contributed by atoms with Gasteiger partial charge < -0.3 is 18.9 Å². The van der Waals surface area contributed by atoms with Crippen LogP contribution in [-0.4, -0.2) is 32.3 Å². The summed E-state index contributed by atoms with van der Waals surface area (Å²) in [6, 6.07) is 16.4. The largest absolute Gasteiger partial charge is 0.493 e. The van der Waals surface area contributed by atoms with Crippen LogP contribution in [0.25, 0.3) is 18.2 Å². The van der Waals surface area contributed by atoms with Crippen LogP contribution in [0, 0.1) is 0 Å². The maximum Gasteiger partial charge on any atom is 0.336 e. The summed E-state index contributed by atoms with van der Waals surface area (Å²) in [5.41, 5.74) is 2.51. The van der Waals surface area contributed by atoms with Crippen LogP contribution < -0.4 is 18.9 Å². The van der Waals surface area contributed by atoms with Crippen molar-refractivity contribution >= 4 is 24.2 Å². The van der Waals surface area contributed by atoms with Gasteiger partial charge in [-0.05, 0) is 59.7 Å². The number of pyridine rings is 1. The van der Waals surface area contributed by atoms with Gasteiger partial charge in [0.15, 0.2) is 23.0 Å². The highest BCUT2D eigenvalue weighted by Crippen LogP contribution is 2.30. The van der Waals surface area contributed by atoms with Crippen molar-refractivity contribution in [3.63, 3.8) is 0 Å². The molecule has 0 saturated carbocycles. The molecule has 0 aliphatic rings. The van der Waals surface area contributed by atoms with Crippen LogP contribution in [0.2, 0.25) is 0 Å². The summed E-state index contributed by atoms with van der Waals surface area (Å²) in [4.78, 5) is 16.5. The molecule has 0 aliphatic heterocycles. The number of hydrogen-bond acceptors (Lipinski definition) is 6. The van der Waals surface area contributed by atoms with E-state index in [1.807, 2.05) is 42.5 Å². The van der Waals surface area contributed by atoms with E-state index in [1.165, 1.54) is 13.2 Å². The number of hydrogen-bond donors (Lipinski definition) is 0. The van der Waals surface area contributed by atoms with Crippen molar-refractivity contribution in [2.75, 3.05) is 21.3 Å². The molecule has 0 radical (unpaired) electrons. The van der Waals surface area contributed by atoms with Crippen LogP contribution in [0.15, 0.2) is 66.9 Å². The summed E-state index contributed by atoms with van der Waals surface area (Å²) in [6.45, 7) is 0. The lowest BCUT2D eigenvalue weighted by Gasteiger charge is -2.09. The molecular formula is C25H23NO5. The van der Waals surface area contributed by atoms with E-state index in [1.54, 1.807) is 50.8 Å². The third kappa shape index (κ3) is 5.96. The van der Waals surface area contributed by atoms with Crippen molar-refractivity contribution < 1.29 is 23.7 Å². The standard InChI is InChI=1S/C25H23NO5/c1-28-21-12-8-19(16-23(21)29-2)10-14-25(27)31-22-13-9-18(17-24(22)30-3)7-11-20-6-4-5-15-26-20/h4-17H,1-3H3/b11-7+,14-10+. The van der Waals surface area contributed by atoms with Crippen LogP contribution in [0.1, 0.15) is 16.8 Å². The highest BCUT2D eigenvalue weighted by molar-refractivity contribution is 5.89. The Hall–Kier alpha value is -4.06. The highest BCUT2D eigenvalue weighted by Gasteiger charge is 2.09. The average molecular weight is 417 g/mol. The van der Waals surface area contributed by atoms with Crippen LogP contribution in [0.5, 0.6) is 23.0 Å². The van der Waals surface area contributed by atoms with E-state index in [2.05, 4.69) is 4.98 Å². The SMILES string of the molecule is COc1ccc(/C=C/C(=O)Oc2ccc(/C=C/c3ccccn3)cc2OC)cc1OC. The van der Waals surface area contributed by atoms with E-state index in [4.69, 9.17) is 18.9 Å². The molecule has 31 heavy (non-hydrogen) atoms. The molecule has 0 unspecified atom stereocenters. The second-order valence-corrected chi connectivity index (χ2v) is 6.37. The Balaban J connectivity index is 1.69. The fourth-order valence-corrected chi connectivity index (χ4v) is 2.79. The summed E-state index contributed by atoms with van der Waals surface area (Å²) in [7, 11) is 4.65. The number of rotatable bonds is 8. The topological polar surface area (TPSA) is 66.9 Å². The van der Waals surface area contributed by atoms with Gasteiger partial charge >= 0.3 is 5.97 Å². The molecule has 6 nitrogen and oxygen atoms in total. The minimum Gasteiger partial charge on any atom is -0.493 e. The van der Waals surface area contributed by atoms with Gasteiger partial charge in [0.25, 0.3) is 0 Å². The zero-order chi connectivity index (χ0) is 22.1. The van der Waals surface area contributed by atoms with Crippen molar-refractivity contribution in [1.82, 2.24) is 4.98 Å². The number of benzene rings is 2. The number of carbonyl (C=O) groups is 1. The maximum absolute atomic E-state index is 12.3. The molecule has 3 rings (SSSR count). The van der Waals surface area contributed by atoms with Gasteiger partial charge in [0, 0.05) is 12.3 Å². The Kier molecular flexibility index (Phi) is 7.43. The van der Waals surface area contributed by atoms with E-state index in [0.717, 1.165) is 16.8 Å². The van der Waals surface area contributed by atoms with Crippen LogP contribution in [-0.2, 0) is 4.79 Å². The summed E-state index contributed by atoms with van der Waals surface area (Å²) in [6.07, 6.45) is 8.52. The predicted octanol–water partition coefficient (Wildman–Crippen LogP) is 4.90. The Bertz CT molecular complexity index is 1090. The van der Waals surface area contributed by atoms with Crippen molar-refractivity contribution in [2.45, 2.75) is 0 Å². The molecule has 6 heteroatoms. The van der Waals surface area contributed by atoms with Crippen molar-refractivity contribution in [2.24, 2.45) is 0 Å². The third-order valence-corrected chi connectivity index (χ3v) is 4.35. The quantitative estimate of drug-likeness (QED) is 0.295. The predicted molar refractivity (Wildman–Crippen MR) is 120 cm³/mol. The second kappa shape index (κ2) is 10.6. The molecule has 0 spiro atoms. The molecule has 0 amide bonds. The first-order valence-electron chi connectivity index (χ1n) is 9.52. The second-order valence-electron chi connectivity index (χ2n) is 6.37. The molecule has 1 aromatic heterocycles. The minimum absolute atomic E-state index is 0.333. The zero-order valence-electron chi connectivity index (χ0n) is 17.6. The molecule has 0 fully saturated rings. The molecule has 2 aromatic carbocycles. The van der Waals surface area contributed by atoms with Crippen molar-refractivity contribution in [1.29, 1.82) is 0 Å². The van der Waals surface area contributed by atoms with E-state index in [9.17, 15) is 4.79 Å². The van der Waals surface area contributed by atoms with Gasteiger partial charge in [-0.25, -0.2) is 4.79 Å². The molecular weight excluding hydrogens is 394 g/mol. The van der Waals surface area contributed by atoms with Gasteiger partial charge in [0.2, 0.25) is 0 Å². The number of nitrogens with zero attached hydrogens (tertiary/aromatic N) is 1. The van der Waals surface area contributed by atoms with Crippen LogP contribution in [0.4, 0.5) is 0 Å². The minimum atomic E-state index is -0.523. The zero-order valence-corrected chi connectivity index (χ0v) is 17.6. The lowest BCUT2D eigenvalue weighted by molar-refractivity contribution is -0.129. The Morgan fingerprint density at radius 3 is 2.03 bits per heavy atom. The van der Waals surface area contributed by atoms with Gasteiger partial charge in [-0.15, -0.1) is 0 Å². The Morgan fingerprint density at radius 1 is 0.742 bits per heavy atom. The number of esters is 1. The number of ether oxygens (including phenoxy) is 4. The first kappa shape index (κ1) is 21.6. The van der Waals surface area contributed by atoms with Gasteiger partial charge in [-0.1, -0.05) is 24.3 Å².